The number of carbonyl (C=O) groups is 1. The second kappa shape index (κ2) is 5.88. The molecule has 1 N–H and O–H groups in total. The van der Waals surface area contributed by atoms with E-state index in [9.17, 15) is 18.0 Å². The van der Waals surface area contributed by atoms with Gasteiger partial charge in [-0.05, 0) is 6.42 Å². The number of hydrogen-bond acceptors (Lipinski definition) is 1. The van der Waals surface area contributed by atoms with Gasteiger partial charge < -0.3 is 5.11 Å². The maximum Gasteiger partial charge on any atom is 0.389 e. The molecular weight excluding hydrogens is 197 g/mol. The van der Waals surface area contributed by atoms with E-state index >= 15 is 0 Å². The van der Waals surface area contributed by atoms with Gasteiger partial charge in [0.2, 0.25) is 0 Å². The molecule has 0 aliphatic carbocycles. The molecule has 0 aromatic heterocycles. The van der Waals surface area contributed by atoms with Gasteiger partial charge in [0.1, 0.15) is 0 Å². The van der Waals surface area contributed by atoms with Gasteiger partial charge in [0.15, 0.2) is 0 Å². The molecule has 5 heteroatoms. The summed E-state index contributed by atoms with van der Waals surface area (Å²) in [6, 6.07) is 0. The molecule has 0 aromatic carbocycles. The SMILES string of the molecule is CCCCCC(CC(F)(F)F)C(=O)O. The topological polar surface area (TPSA) is 37.3 Å². The molecule has 0 fully saturated rings. The largest absolute Gasteiger partial charge is 0.481 e. The van der Waals surface area contributed by atoms with E-state index in [1.54, 1.807) is 0 Å². The van der Waals surface area contributed by atoms with Crippen molar-refractivity contribution in [2.24, 2.45) is 5.92 Å². The minimum absolute atomic E-state index is 0.114. The van der Waals surface area contributed by atoms with Crippen LogP contribution in [0, 0.1) is 5.92 Å². The third-order valence-electron chi connectivity index (χ3n) is 1.98. The Labute approximate surface area is 81.1 Å². The lowest BCUT2D eigenvalue weighted by atomic mass is 9.98. The van der Waals surface area contributed by atoms with Crippen LogP contribution in [0.15, 0.2) is 0 Å². The Morgan fingerprint density at radius 3 is 2.29 bits per heavy atom. The fourth-order valence-corrected chi connectivity index (χ4v) is 1.23. The Morgan fingerprint density at radius 2 is 1.93 bits per heavy atom. The monoisotopic (exact) mass is 212 g/mol. The summed E-state index contributed by atoms with van der Waals surface area (Å²) in [5, 5.41) is 8.54. The van der Waals surface area contributed by atoms with Crippen molar-refractivity contribution in [2.75, 3.05) is 0 Å². The smallest absolute Gasteiger partial charge is 0.389 e. The van der Waals surface area contributed by atoms with Crippen LogP contribution in [-0.2, 0) is 4.79 Å². The first-order valence-corrected chi connectivity index (χ1v) is 4.66. The van der Waals surface area contributed by atoms with Gasteiger partial charge in [-0.15, -0.1) is 0 Å². The highest BCUT2D eigenvalue weighted by molar-refractivity contribution is 5.69. The number of carboxylic acid groups (broad SMARTS) is 1. The number of halogens is 3. The maximum atomic E-state index is 11.9. The highest BCUT2D eigenvalue weighted by atomic mass is 19.4. The van der Waals surface area contributed by atoms with Gasteiger partial charge in [0.25, 0.3) is 0 Å². The number of rotatable bonds is 6. The average molecular weight is 212 g/mol. The summed E-state index contributed by atoms with van der Waals surface area (Å²) in [5.74, 6) is -2.63. The molecule has 0 bridgehead atoms. The van der Waals surface area contributed by atoms with Gasteiger partial charge in [-0.3, -0.25) is 4.79 Å². The number of unbranched alkanes of at least 4 members (excludes halogenated alkanes) is 2. The quantitative estimate of drug-likeness (QED) is 0.686. The molecule has 84 valence electrons. The van der Waals surface area contributed by atoms with Crippen LogP contribution in [0.25, 0.3) is 0 Å². The van der Waals surface area contributed by atoms with E-state index in [-0.39, 0.29) is 6.42 Å². The fraction of sp³-hybridized carbons (Fsp3) is 0.889. The Hall–Kier alpha value is -0.740. The molecule has 0 saturated heterocycles. The minimum Gasteiger partial charge on any atom is -0.481 e. The molecule has 0 rings (SSSR count). The predicted octanol–water partition coefficient (Wildman–Crippen LogP) is 3.22. The van der Waals surface area contributed by atoms with E-state index in [0.717, 1.165) is 12.8 Å². The summed E-state index contributed by atoms with van der Waals surface area (Å²) < 4.78 is 35.7. The molecular formula is C9H15F3O2. The van der Waals surface area contributed by atoms with Crippen LogP contribution in [-0.4, -0.2) is 17.3 Å². The van der Waals surface area contributed by atoms with Crippen molar-refractivity contribution in [3.8, 4) is 0 Å². The van der Waals surface area contributed by atoms with E-state index in [1.807, 2.05) is 6.92 Å². The summed E-state index contributed by atoms with van der Waals surface area (Å²) in [6.45, 7) is 1.92. The first-order chi connectivity index (χ1) is 6.37. The van der Waals surface area contributed by atoms with Gasteiger partial charge in [-0.1, -0.05) is 26.2 Å². The number of carboxylic acids is 1. The molecule has 14 heavy (non-hydrogen) atoms. The summed E-state index contributed by atoms with van der Waals surface area (Å²) in [6.07, 6.45) is -3.28. The van der Waals surface area contributed by atoms with Crippen LogP contribution < -0.4 is 0 Å². The first-order valence-electron chi connectivity index (χ1n) is 4.66. The Kier molecular flexibility index (Phi) is 5.57. The van der Waals surface area contributed by atoms with Gasteiger partial charge in [-0.25, -0.2) is 0 Å². The predicted molar refractivity (Wildman–Crippen MR) is 45.9 cm³/mol. The second-order valence-corrected chi connectivity index (χ2v) is 3.35. The van der Waals surface area contributed by atoms with Crippen LogP contribution in [0.3, 0.4) is 0 Å². The summed E-state index contributed by atoms with van der Waals surface area (Å²) in [7, 11) is 0. The molecule has 1 atom stereocenters. The van der Waals surface area contributed by atoms with E-state index < -0.39 is 24.5 Å². The lowest BCUT2D eigenvalue weighted by Crippen LogP contribution is -2.22. The van der Waals surface area contributed by atoms with Crippen LogP contribution >= 0.6 is 0 Å². The highest BCUT2D eigenvalue weighted by Gasteiger charge is 2.34. The van der Waals surface area contributed by atoms with E-state index in [0.29, 0.717) is 6.42 Å². The molecule has 2 nitrogen and oxygen atoms in total. The molecule has 0 aromatic rings. The second-order valence-electron chi connectivity index (χ2n) is 3.35. The van der Waals surface area contributed by atoms with E-state index in [2.05, 4.69) is 0 Å². The van der Waals surface area contributed by atoms with Crippen molar-refractivity contribution in [1.29, 1.82) is 0 Å². The molecule has 0 aliphatic rings. The molecule has 1 unspecified atom stereocenters. The first kappa shape index (κ1) is 13.3. The van der Waals surface area contributed by atoms with Crippen molar-refractivity contribution in [3.63, 3.8) is 0 Å². The molecule has 0 saturated carbocycles. The molecule has 0 spiro atoms. The zero-order valence-corrected chi connectivity index (χ0v) is 8.10. The van der Waals surface area contributed by atoms with Crippen molar-refractivity contribution >= 4 is 5.97 Å². The third kappa shape index (κ3) is 6.74. The van der Waals surface area contributed by atoms with Crippen LogP contribution in [0.1, 0.15) is 39.0 Å². The van der Waals surface area contributed by atoms with Crippen LogP contribution in [0.2, 0.25) is 0 Å². The fourth-order valence-electron chi connectivity index (χ4n) is 1.23. The van der Waals surface area contributed by atoms with E-state index in [1.165, 1.54) is 0 Å². The normalized spacial score (nSPS) is 14.0. The van der Waals surface area contributed by atoms with Gasteiger partial charge in [0.05, 0.1) is 12.3 Å². The third-order valence-corrected chi connectivity index (χ3v) is 1.98. The van der Waals surface area contributed by atoms with Gasteiger partial charge >= 0.3 is 12.1 Å². The van der Waals surface area contributed by atoms with E-state index in [4.69, 9.17) is 5.11 Å². The van der Waals surface area contributed by atoms with Crippen LogP contribution in [0.5, 0.6) is 0 Å². The van der Waals surface area contributed by atoms with Crippen molar-refractivity contribution in [1.82, 2.24) is 0 Å². The highest BCUT2D eigenvalue weighted by Crippen LogP contribution is 2.27. The average Bonchev–Trinajstić information content (AvgIpc) is 2.00. The standard InChI is InChI=1S/C9H15F3O2/c1-2-3-4-5-7(8(13)14)6-9(10,11)12/h7H,2-6H2,1H3,(H,13,14). The Morgan fingerprint density at radius 1 is 1.36 bits per heavy atom. The van der Waals surface area contributed by atoms with Crippen molar-refractivity contribution in [3.05, 3.63) is 0 Å². The summed E-state index contributed by atoms with van der Waals surface area (Å²) >= 11 is 0. The summed E-state index contributed by atoms with van der Waals surface area (Å²) in [5.41, 5.74) is 0. The van der Waals surface area contributed by atoms with Crippen LogP contribution in [0.4, 0.5) is 13.2 Å². The molecule has 0 aliphatic heterocycles. The lowest BCUT2D eigenvalue weighted by Gasteiger charge is -2.13. The van der Waals surface area contributed by atoms with Gasteiger partial charge in [-0.2, -0.15) is 13.2 Å². The van der Waals surface area contributed by atoms with Gasteiger partial charge in [0, 0.05) is 0 Å². The van der Waals surface area contributed by atoms with Crippen molar-refractivity contribution in [2.45, 2.75) is 45.2 Å². The number of alkyl halides is 3. The van der Waals surface area contributed by atoms with Crippen molar-refractivity contribution < 1.29 is 23.1 Å². The zero-order valence-electron chi connectivity index (χ0n) is 8.10. The number of aliphatic carboxylic acids is 1. The Bertz CT molecular complexity index is 177. The molecule has 0 amide bonds. The maximum absolute atomic E-state index is 11.9. The Balaban J connectivity index is 3.97. The lowest BCUT2D eigenvalue weighted by molar-refractivity contribution is -0.164. The molecule has 0 heterocycles. The number of hydrogen-bond donors (Lipinski definition) is 1. The molecule has 0 radical (unpaired) electrons. The summed E-state index contributed by atoms with van der Waals surface area (Å²) in [4.78, 5) is 10.5. The minimum atomic E-state index is -4.38. The zero-order chi connectivity index (χ0) is 11.2.